The predicted molar refractivity (Wildman–Crippen MR) is 85.0 cm³/mol. The molecule has 0 amide bonds. The smallest absolute Gasteiger partial charge is 0.142 e. The van der Waals surface area contributed by atoms with E-state index in [-0.39, 0.29) is 0 Å². The van der Waals surface area contributed by atoms with Gasteiger partial charge in [-0.25, -0.2) is 9.97 Å². The number of nitrogens with one attached hydrogen (secondary N) is 2. The second kappa shape index (κ2) is 6.01. The lowest BCUT2D eigenvalue weighted by molar-refractivity contribution is 0.323. The molecule has 108 valence electrons. The highest BCUT2D eigenvalue weighted by Crippen LogP contribution is 2.31. The van der Waals surface area contributed by atoms with E-state index < -0.39 is 0 Å². The fourth-order valence-electron chi connectivity index (χ4n) is 2.59. The number of rotatable bonds is 6. The highest BCUT2D eigenvalue weighted by Gasteiger charge is 2.33. The van der Waals surface area contributed by atoms with Gasteiger partial charge in [-0.1, -0.05) is 18.9 Å². The normalized spacial score (nSPS) is 21.9. The monoisotopic (exact) mass is 291 g/mol. The van der Waals surface area contributed by atoms with Crippen LogP contribution in [0.2, 0.25) is 0 Å². The number of hydrogen-bond acceptors (Lipinski definition) is 5. The third kappa shape index (κ3) is 2.62. The van der Waals surface area contributed by atoms with Gasteiger partial charge in [-0.15, -0.1) is 0 Å². The van der Waals surface area contributed by atoms with Crippen molar-refractivity contribution in [3.63, 3.8) is 0 Å². The SMILES string of the molecule is CCCSNC1CC(N(C)c2ncnc3[nH]ccc23)C1. The van der Waals surface area contributed by atoms with E-state index in [1.165, 1.54) is 25.0 Å². The minimum absolute atomic E-state index is 0.572. The Kier molecular flexibility index (Phi) is 4.12. The Morgan fingerprint density at radius 2 is 2.30 bits per heavy atom. The third-order valence-electron chi connectivity index (χ3n) is 3.88. The van der Waals surface area contributed by atoms with Crippen molar-refractivity contribution < 1.29 is 0 Å². The molecule has 2 aromatic heterocycles. The quantitative estimate of drug-likeness (QED) is 0.633. The largest absolute Gasteiger partial charge is 0.356 e. The summed E-state index contributed by atoms with van der Waals surface area (Å²) in [5, 5.41) is 1.10. The summed E-state index contributed by atoms with van der Waals surface area (Å²) in [7, 11) is 2.13. The summed E-state index contributed by atoms with van der Waals surface area (Å²) < 4.78 is 3.54. The van der Waals surface area contributed by atoms with Crippen molar-refractivity contribution in [2.75, 3.05) is 17.7 Å². The minimum atomic E-state index is 0.572. The predicted octanol–water partition coefficient (Wildman–Crippen LogP) is 2.57. The molecular formula is C14H21N5S. The van der Waals surface area contributed by atoms with Crippen molar-refractivity contribution in [2.24, 2.45) is 0 Å². The van der Waals surface area contributed by atoms with Crippen molar-refractivity contribution in [1.82, 2.24) is 19.7 Å². The molecule has 1 aliphatic carbocycles. The molecule has 0 atom stereocenters. The van der Waals surface area contributed by atoms with E-state index in [1.54, 1.807) is 6.33 Å². The van der Waals surface area contributed by atoms with Crippen LogP contribution in [0.15, 0.2) is 18.6 Å². The molecule has 0 spiro atoms. The molecule has 0 radical (unpaired) electrons. The maximum atomic E-state index is 4.45. The second-order valence-electron chi connectivity index (χ2n) is 5.34. The van der Waals surface area contributed by atoms with Crippen molar-refractivity contribution >= 4 is 28.8 Å². The van der Waals surface area contributed by atoms with E-state index >= 15 is 0 Å². The van der Waals surface area contributed by atoms with Crippen LogP contribution in [0.25, 0.3) is 11.0 Å². The second-order valence-corrected chi connectivity index (χ2v) is 6.27. The van der Waals surface area contributed by atoms with E-state index in [0.717, 1.165) is 16.9 Å². The van der Waals surface area contributed by atoms with Gasteiger partial charge in [-0.2, -0.15) is 0 Å². The fraction of sp³-hybridized carbons (Fsp3) is 0.571. The van der Waals surface area contributed by atoms with Crippen LogP contribution in [-0.2, 0) is 0 Å². The molecule has 2 N–H and O–H groups in total. The first-order chi connectivity index (χ1) is 9.79. The fourth-order valence-corrected chi connectivity index (χ4v) is 3.34. The Morgan fingerprint density at radius 1 is 1.45 bits per heavy atom. The van der Waals surface area contributed by atoms with Crippen molar-refractivity contribution in [3.8, 4) is 0 Å². The van der Waals surface area contributed by atoms with Crippen LogP contribution in [0.5, 0.6) is 0 Å². The highest BCUT2D eigenvalue weighted by molar-refractivity contribution is 7.97. The standard InChI is InChI=1S/C14H21N5S/c1-3-6-20-18-10-7-11(8-10)19(2)14-12-4-5-15-13(12)16-9-17-14/h4-5,9-11,18H,3,6-8H2,1-2H3,(H,15,16,17). The summed E-state index contributed by atoms with van der Waals surface area (Å²) in [6.45, 7) is 2.21. The molecule has 5 nitrogen and oxygen atoms in total. The van der Waals surface area contributed by atoms with Gasteiger partial charge in [0.05, 0.1) is 5.39 Å². The van der Waals surface area contributed by atoms with Crippen LogP contribution in [0, 0.1) is 0 Å². The lowest BCUT2D eigenvalue weighted by Gasteiger charge is -2.42. The molecule has 0 bridgehead atoms. The van der Waals surface area contributed by atoms with E-state index in [2.05, 4.69) is 38.5 Å². The van der Waals surface area contributed by atoms with Gasteiger partial charge in [-0.3, -0.25) is 4.72 Å². The van der Waals surface area contributed by atoms with Crippen molar-refractivity contribution in [1.29, 1.82) is 0 Å². The summed E-state index contributed by atoms with van der Waals surface area (Å²) in [6.07, 6.45) is 7.14. The van der Waals surface area contributed by atoms with Gasteiger partial charge >= 0.3 is 0 Å². The van der Waals surface area contributed by atoms with Crippen LogP contribution in [0.4, 0.5) is 5.82 Å². The molecular weight excluding hydrogens is 270 g/mol. The number of anilines is 1. The van der Waals surface area contributed by atoms with Gasteiger partial charge in [0.2, 0.25) is 0 Å². The molecule has 0 saturated heterocycles. The van der Waals surface area contributed by atoms with Crippen LogP contribution < -0.4 is 9.62 Å². The summed E-state index contributed by atoms with van der Waals surface area (Å²) in [6, 6.07) is 3.26. The van der Waals surface area contributed by atoms with E-state index in [0.29, 0.717) is 12.1 Å². The van der Waals surface area contributed by atoms with Crippen molar-refractivity contribution in [2.45, 2.75) is 38.3 Å². The number of nitrogens with zero attached hydrogens (tertiary/aromatic N) is 3. The molecule has 1 aliphatic rings. The average Bonchev–Trinajstić information content (AvgIpc) is 2.89. The van der Waals surface area contributed by atoms with Gasteiger partial charge in [0, 0.05) is 31.1 Å². The number of H-pyrrole nitrogens is 1. The molecule has 2 heterocycles. The molecule has 0 unspecified atom stereocenters. The Labute approximate surface area is 123 Å². The Bertz CT molecular complexity index is 563. The van der Waals surface area contributed by atoms with E-state index in [4.69, 9.17) is 0 Å². The average molecular weight is 291 g/mol. The van der Waals surface area contributed by atoms with Gasteiger partial charge in [0.25, 0.3) is 0 Å². The molecule has 3 rings (SSSR count). The first-order valence-electron chi connectivity index (χ1n) is 7.17. The van der Waals surface area contributed by atoms with Crippen LogP contribution in [-0.4, -0.2) is 39.8 Å². The first kappa shape index (κ1) is 13.7. The lowest BCUT2D eigenvalue weighted by Crippen LogP contribution is -2.50. The zero-order valence-corrected chi connectivity index (χ0v) is 12.8. The van der Waals surface area contributed by atoms with E-state index in [9.17, 15) is 0 Å². The zero-order chi connectivity index (χ0) is 13.9. The van der Waals surface area contributed by atoms with Crippen LogP contribution in [0.1, 0.15) is 26.2 Å². The Morgan fingerprint density at radius 3 is 3.10 bits per heavy atom. The first-order valence-corrected chi connectivity index (χ1v) is 8.16. The number of aromatic nitrogens is 3. The highest BCUT2D eigenvalue weighted by atomic mass is 32.2. The number of aromatic amines is 1. The van der Waals surface area contributed by atoms with Gasteiger partial charge < -0.3 is 9.88 Å². The molecule has 0 aromatic carbocycles. The topological polar surface area (TPSA) is 56.8 Å². The summed E-state index contributed by atoms with van der Waals surface area (Å²) in [5.41, 5.74) is 0.911. The zero-order valence-electron chi connectivity index (χ0n) is 12.0. The van der Waals surface area contributed by atoms with Crippen LogP contribution >= 0.6 is 11.9 Å². The molecule has 2 aromatic rings. The van der Waals surface area contributed by atoms with Crippen molar-refractivity contribution in [3.05, 3.63) is 18.6 Å². The molecule has 0 aliphatic heterocycles. The molecule has 1 saturated carbocycles. The third-order valence-corrected chi connectivity index (χ3v) is 5.00. The van der Waals surface area contributed by atoms with Gasteiger partial charge in [0.15, 0.2) is 0 Å². The van der Waals surface area contributed by atoms with Gasteiger partial charge in [-0.05, 0) is 25.3 Å². The minimum Gasteiger partial charge on any atom is -0.356 e. The number of fused-ring (bicyclic) bond motifs is 1. The maximum absolute atomic E-state index is 4.45. The summed E-state index contributed by atoms with van der Waals surface area (Å²) in [4.78, 5) is 14.1. The molecule has 6 heteroatoms. The van der Waals surface area contributed by atoms with Gasteiger partial charge in [0.1, 0.15) is 17.8 Å². The Balaban J connectivity index is 1.61. The molecule has 20 heavy (non-hydrogen) atoms. The van der Waals surface area contributed by atoms with E-state index in [1.807, 2.05) is 24.2 Å². The molecule has 1 fully saturated rings. The maximum Gasteiger partial charge on any atom is 0.142 e. The number of hydrogen-bond donors (Lipinski definition) is 2. The summed E-state index contributed by atoms with van der Waals surface area (Å²) >= 11 is 1.85. The summed E-state index contributed by atoms with van der Waals surface area (Å²) in [5.74, 6) is 2.22. The Hall–Kier alpha value is -1.27. The lowest BCUT2D eigenvalue weighted by atomic mass is 9.86. The van der Waals surface area contributed by atoms with Crippen LogP contribution in [0.3, 0.4) is 0 Å².